The molecule has 0 fully saturated rings. The van der Waals surface area contributed by atoms with Crippen LogP contribution in [-0.2, 0) is 6.54 Å². The summed E-state index contributed by atoms with van der Waals surface area (Å²) in [5.74, 6) is 1.79. The Balaban J connectivity index is 1.92. The number of nitrogens with one attached hydrogen (secondary N) is 1. The molecule has 2 rings (SSSR count). The summed E-state index contributed by atoms with van der Waals surface area (Å²) in [5, 5.41) is 7.84. The lowest BCUT2D eigenvalue weighted by molar-refractivity contribution is 0.414. The zero-order chi connectivity index (χ0) is 13.7. The van der Waals surface area contributed by atoms with Crippen molar-refractivity contribution in [3.8, 4) is 5.75 Å². The number of hydrogen-bond donors (Lipinski definition) is 1. The Morgan fingerprint density at radius 1 is 1.26 bits per heavy atom. The number of ether oxygens (including phenoxy) is 1. The predicted octanol–water partition coefficient (Wildman–Crippen LogP) is 3.47. The fourth-order valence-corrected chi connectivity index (χ4v) is 1.80. The molecular weight excluding hydrogens is 238 g/mol. The number of anilines is 1. The highest BCUT2D eigenvalue weighted by Gasteiger charge is 2.04. The minimum Gasteiger partial charge on any atom is -0.497 e. The van der Waals surface area contributed by atoms with Crippen LogP contribution in [0.4, 0.5) is 5.82 Å². The SMILES string of the molecule is CC[C@@H](C)n1ccc(NCc2ccc(OC)cc2)n1. The van der Waals surface area contributed by atoms with Crippen molar-refractivity contribution < 1.29 is 4.74 Å². The monoisotopic (exact) mass is 259 g/mol. The van der Waals surface area contributed by atoms with E-state index in [0.29, 0.717) is 6.04 Å². The van der Waals surface area contributed by atoms with Crippen LogP contribution in [0.5, 0.6) is 5.75 Å². The molecule has 0 bridgehead atoms. The molecule has 1 N–H and O–H groups in total. The summed E-state index contributed by atoms with van der Waals surface area (Å²) in [6, 6.07) is 10.5. The number of aromatic nitrogens is 2. The molecule has 0 aliphatic heterocycles. The number of benzene rings is 1. The van der Waals surface area contributed by atoms with Crippen molar-refractivity contribution in [2.24, 2.45) is 0 Å². The molecule has 0 saturated heterocycles. The average molecular weight is 259 g/mol. The molecule has 2 aromatic rings. The molecule has 4 nitrogen and oxygen atoms in total. The van der Waals surface area contributed by atoms with Gasteiger partial charge in [-0.1, -0.05) is 19.1 Å². The summed E-state index contributed by atoms with van der Waals surface area (Å²) in [6.07, 6.45) is 3.10. The van der Waals surface area contributed by atoms with Crippen molar-refractivity contribution in [3.63, 3.8) is 0 Å². The van der Waals surface area contributed by atoms with E-state index >= 15 is 0 Å². The minimum absolute atomic E-state index is 0.441. The second-order valence-electron chi connectivity index (χ2n) is 4.64. The van der Waals surface area contributed by atoms with E-state index in [1.165, 1.54) is 5.56 Å². The number of methoxy groups -OCH3 is 1. The van der Waals surface area contributed by atoms with Gasteiger partial charge in [-0.15, -0.1) is 0 Å². The first-order valence-corrected chi connectivity index (χ1v) is 6.65. The Morgan fingerprint density at radius 3 is 2.63 bits per heavy atom. The Labute approximate surface area is 114 Å². The Kier molecular flexibility index (Phi) is 4.44. The van der Waals surface area contributed by atoms with Gasteiger partial charge < -0.3 is 10.1 Å². The van der Waals surface area contributed by atoms with E-state index in [9.17, 15) is 0 Å². The minimum atomic E-state index is 0.441. The normalized spacial score (nSPS) is 12.2. The molecule has 0 saturated carbocycles. The van der Waals surface area contributed by atoms with Crippen LogP contribution in [0.2, 0.25) is 0 Å². The third-order valence-corrected chi connectivity index (χ3v) is 3.28. The van der Waals surface area contributed by atoms with Crippen LogP contribution >= 0.6 is 0 Å². The van der Waals surface area contributed by atoms with E-state index in [4.69, 9.17) is 4.74 Å². The van der Waals surface area contributed by atoms with Crippen molar-refractivity contribution in [3.05, 3.63) is 42.1 Å². The smallest absolute Gasteiger partial charge is 0.148 e. The Morgan fingerprint density at radius 2 is 2.00 bits per heavy atom. The molecule has 1 heterocycles. The fourth-order valence-electron chi connectivity index (χ4n) is 1.80. The fraction of sp³-hybridized carbons (Fsp3) is 0.400. The lowest BCUT2D eigenvalue weighted by atomic mass is 10.2. The average Bonchev–Trinajstić information content (AvgIpc) is 2.93. The molecule has 1 atom stereocenters. The van der Waals surface area contributed by atoms with E-state index in [1.54, 1.807) is 7.11 Å². The zero-order valence-corrected chi connectivity index (χ0v) is 11.8. The molecule has 0 aliphatic rings. The molecule has 4 heteroatoms. The molecule has 0 radical (unpaired) electrons. The summed E-state index contributed by atoms with van der Waals surface area (Å²) in [7, 11) is 1.68. The third kappa shape index (κ3) is 3.50. The van der Waals surface area contributed by atoms with Crippen LogP contribution in [-0.4, -0.2) is 16.9 Å². The predicted molar refractivity (Wildman–Crippen MR) is 77.5 cm³/mol. The molecule has 0 unspecified atom stereocenters. The van der Waals surface area contributed by atoms with Crippen LogP contribution in [0.25, 0.3) is 0 Å². The molecule has 0 aliphatic carbocycles. The van der Waals surface area contributed by atoms with Crippen LogP contribution in [0.1, 0.15) is 31.9 Å². The topological polar surface area (TPSA) is 39.1 Å². The molecule has 19 heavy (non-hydrogen) atoms. The first-order chi connectivity index (χ1) is 9.22. The molecule has 1 aromatic heterocycles. The highest BCUT2D eigenvalue weighted by Crippen LogP contribution is 2.14. The van der Waals surface area contributed by atoms with Gasteiger partial charge in [0.25, 0.3) is 0 Å². The van der Waals surface area contributed by atoms with Gasteiger partial charge in [0.1, 0.15) is 11.6 Å². The van der Waals surface area contributed by atoms with Gasteiger partial charge in [0.2, 0.25) is 0 Å². The van der Waals surface area contributed by atoms with Gasteiger partial charge in [-0.25, -0.2) is 0 Å². The van der Waals surface area contributed by atoms with Crippen LogP contribution in [0.3, 0.4) is 0 Å². The van der Waals surface area contributed by atoms with E-state index in [-0.39, 0.29) is 0 Å². The highest BCUT2D eigenvalue weighted by molar-refractivity contribution is 5.35. The number of hydrogen-bond acceptors (Lipinski definition) is 3. The van der Waals surface area contributed by atoms with Crippen molar-refractivity contribution >= 4 is 5.82 Å². The molecule has 0 amide bonds. The molecule has 0 spiro atoms. The standard InChI is InChI=1S/C15H21N3O/c1-4-12(2)18-10-9-15(17-18)16-11-13-5-7-14(19-3)8-6-13/h5-10,12H,4,11H2,1-3H3,(H,16,17)/t12-/m1/s1. The molecule has 102 valence electrons. The van der Waals surface area contributed by atoms with Gasteiger partial charge in [-0.3, -0.25) is 4.68 Å². The third-order valence-electron chi connectivity index (χ3n) is 3.28. The van der Waals surface area contributed by atoms with E-state index in [2.05, 4.69) is 36.4 Å². The van der Waals surface area contributed by atoms with E-state index < -0.39 is 0 Å². The quantitative estimate of drug-likeness (QED) is 0.863. The van der Waals surface area contributed by atoms with Gasteiger partial charge in [0, 0.05) is 24.8 Å². The maximum Gasteiger partial charge on any atom is 0.148 e. The van der Waals surface area contributed by atoms with Gasteiger partial charge in [0.15, 0.2) is 0 Å². The van der Waals surface area contributed by atoms with Crippen LogP contribution in [0, 0.1) is 0 Å². The zero-order valence-electron chi connectivity index (χ0n) is 11.8. The summed E-state index contributed by atoms with van der Waals surface area (Å²) in [5.41, 5.74) is 1.21. The molecular formula is C15H21N3O. The van der Waals surface area contributed by atoms with Gasteiger partial charge in [0.05, 0.1) is 7.11 Å². The van der Waals surface area contributed by atoms with Crippen molar-refractivity contribution in [1.29, 1.82) is 0 Å². The van der Waals surface area contributed by atoms with E-state index in [0.717, 1.165) is 24.5 Å². The largest absolute Gasteiger partial charge is 0.497 e. The van der Waals surface area contributed by atoms with Crippen LogP contribution < -0.4 is 10.1 Å². The first kappa shape index (κ1) is 13.5. The summed E-state index contributed by atoms with van der Waals surface area (Å²) in [4.78, 5) is 0. The second kappa shape index (κ2) is 6.27. The van der Waals surface area contributed by atoms with Gasteiger partial charge in [-0.2, -0.15) is 5.10 Å². The first-order valence-electron chi connectivity index (χ1n) is 6.65. The Bertz CT molecular complexity index is 504. The van der Waals surface area contributed by atoms with Crippen molar-refractivity contribution in [1.82, 2.24) is 9.78 Å². The number of rotatable bonds is 6. The lowest BCUT2D eigenvalue weighted by Gasteiger charge is -2.08. The summed E-state index contributed by atoms with van der Waals surface area (Å²) < 4.78 is 7.13. The maximum absolute atomic E-state index is 5.14. The van der Waals surface area contributed by atoms with Gasteiger partial charge >= 0.3 is 0 Å². The number of nitrogens with zero attached hydrogens (tertiary/aromatic N) is 2. The Hall–Kier alpha value is -1.97. The van der Waals surface area contributed by atoms with Crippen molar-refractivity contribution in [2.75, 3.05) is 12.4 Å². The lowest BCUT2D eigenvalue weighted by Crippen LogP contribution is -2.06. The summed E-state index contributed by atoms with van der Waals surface area (Å²) >= 11 is 0. The van der Waals surface area contributed by atoms with E-state index in [1.807, 2.05) is 29.1 Å². The van der Waals surface area contributed by atoms with Crippen LogP contribution in [0.15, 0.2) is 36.5 Å². The van der Waals surface area contributed by atoms with Gasteiger partial charge in [-0.05, 0) is 31.0 Å². The highest BCUT2D eigenvalue weighted by atomic mass is 16.5. The van der Waals surface area contributed by atoms with Crippen molar-refractivity contribution in [2.45, 2.75) is 32.9 Å². The summed E-state index contributed by atoms with van der Waals surface area (Å²) in [6.45, 7) is 5.10. The maximum atomic E-state index is 5.14. The second-order valence-corrected chi connectivity index (χ2v) is 4.64. The molecule has 1 aromatic carbocycles.